The van der Waals surface area contributed by atoms with Crippen molar-refractivity contribution in [3.8, 4) is 0 Å². The molecule has 7 heteroatoms. The number of rotatable bonds is 4. The van der Waals surface area contributed by atoms with E-state index in [2.05, 4.69) is 12.0 Å². The highest BCUT2D eigenvalue weighted by Gasteiger charge is 2.31. The van der Waals surface area contributed by atoms with Gasteiger partial charge in [0.05, 0.1) is 24.4 Å². The highest BCUT2D eigenvalue weighted by Crippen LogP contribution is 2.18. The van der Waals surface area contributed by atoms with Crippen LogP contribution in [-0.4, -0.2) is 57.5 Å². The SMILES string of the molecule is CCCn1nc(C)c(C(=O)N2CCO[C@H](C(=O)O)C2)c1C. The molecule has 116 valence electrons. The minimum Gasteiger partial charge on any atom is -0.479 e. The number of carbonyl (C=O) groups excluding carboxylic acids is 1. The van der Waals surface area contributed by atoms with Crippen molar-refractivity contribution in [2.75, 3.05) is 19.7 Å². The Morgan fingerprint density at radius 2 is 2.14 bits per heavy atom. The van der Waals surface area contributed by atoms with E-state index in [1.54, 1.807) is 0 Å². The van der Waals surface area contributed by atoms with Crippen LogP contribution >= 0.6 is 0 Å². The second kappa shape index (κ2) is 6.26. The van der Waals surface area contributed by atoms with Gasteiger partial charge in [-0.05, 0) is 20.3 Å². The number of carboxylic acids is 1. The van der Waals surface area contributed by atoms with Crippen LogP contribution in [0, 0.1) is 13.8 Å². The lowest BCUT2D eigenvalue weighted by Gasteiger charge is -2.31. The van der Waals surface area contributed by atoms with Crippen LogP contribution in [0.4, 0.5) is 0 Å². The van der Waals surface area contributed by atoms with Gasteiger partial charge in [0.1, 0.15) is 0 Å². The van der Waals surface area contributed by atoms with Crippen molar-refractivity contribution in [3.05, 3.63) is 17.0 Å². The Labute approximate surface area is 123 Å². The first-order chi connectivity index (χ1) is 9.95. The van der Waals surface area contributed by atoms with Crippen molar-refractivity contribution in [1.29, 1.82) is 0 Å². The summed E-state index contributed by atoms with van der Waals surface area (Å²) in [6.07, 6.45) is -0.0113. The average molecular weight is 295 g/mol. The molecule has 1 atom stereocenters. The molecule has 0 saturated carbocycles. The van der Waals surface area contributed by atoms with Gasteiger partial charge in [-0.1, -0.05) is 6.92 Å². The molecule has 7 nitrogen and oxygen atoms in total. The lowest BCUT2D eigenvalue weighted by Crippen LogP contribution is -2.48. The second-order valence-electron chi connectivity index (χ2n) is 5.22. The van der Waals surface area contributed by atoms with Gasteiger partial charge >= 0.3 is 5.97 Å². The quantitative estimate of drug-likeness (QED) is 0.889. The summed E-state index contributed by atoms with van der Waals surface area (Å²) in [5, 5.41) is 13.4. The zero-order valence-electron chi connectivity index (χ0n) is 12.6. The fourth-order valence-electron chi connectivity index (χ4n) is 2.58. The number of hydrogen-bond donors (Lipinski definition) is 1. The summed E-state index contributed by atoms with van der Waals surface area (Å²) < 4.78 is 6.98. The third-order valence-corrected chi connectivity index (χ3v) is 3.66. The Kier molecular flexibility index (Phi) is 4.62. The third-order valence-electron chi connectivity index (χ3n) is 3.66. The summed E-state index contributed by atoms with van der Waals surface area (Å²) in [5.74, 6) is -1.20. The second-order valence-corrected chi connectivity index (χ2v) is 5.22. The molecule has 1 aliphatic heterocycles. The van der Waals surface area contributed by atoms with E-state index in [9.17, 15) is 9.59 Å². The van der Waals surface area contributed by atoms with E-state index < -0.39 is 12.1 Å². The van der Waals surface area contributed by atoms with Crippen molar-refractivity contribution in [1.82, 2.24) is 14.7 Å². The number of aliphatic carboxylic acids is 1. The number of aryl methyl sites for hydroxylation is 2. The molecule has 1 N–H and O–H groups in total. The molecule has 21 heavy (non-hydrogen) atoms. The monoisotopic (exact) mass is 295 g/mol. The van der Waals surface area contributed by atoms with E-state index in [0.29, 0.717) is 17.8 Å². The molecule has 1 aliphatic rings. The van der Waals surface area contributed by atoms with Crippen LogP contribution in [0.2, 0.25) is 0 Å². The van der Waals surface area contributed by atoms with Crippen LogP contribution in [0.25, 0.3) is 0 Å². The zero-order valence-corrected chi connectivity index (χ0v) is 12.6. The molecule has 0 radical (unpaired) electrons. The van der Waals surface area contributed by atoms with Crippen LogP contribution in [-0.2, 0) is 16.1 Å². The molecular formula is C14H21N3O4. The molecule has 0 spiro atoms. The molecule has 0 unspecified atom stereocenters. The molecule has 2 rings (SSSR count). The van der Waals surface area contributed by atoms with Crippen molar-refractivity contribution in [2.45, 2.75) is 39.8 Å². The lowest BCUT2D eigenvalue weighted by molar-refractivity contribution is -0.154. The molecule has 2 heterocycles. The number of carboxylic acid groups (broad SMARTS) is 1. The van der Waals surface area contributed by atoms with Crippen LogP contribution in [0.15, 0.2) is 0 Å². The predicted octanol–water partition coefficient (Wildman–Crippen LogP) is 0.836. The van der Waals surface area contributed by atoms with Crippen LogP contribution in [0.3, 0.4) is 0 Å². The van der Waals surface area contributed by atoms with E-state index in [1.807, 2.05) is 18.5 Å². The number of carbonyl (C=O) groups is 2. The Morgan fingerprint density at radius 3 is 2.76 bits per heavy atom. The molecule has 1 aromatic heterocycles. The zero-order chi connectivity index (χ0) is 15.6. The highest BCUT2D eigenvalue weighted by atomic mass is 16.5. The van der Waals surface area contributed by atoms with Gasteiger partial charge in [0, 0.05) is 18.8 Å². The average Bonchev–Trinajstić information content (AvgIpc) is 2.73. The maximum atomic E-state index is 12.7. The van der Waals surface area contributed by atoms with Crippen LogP contribution < -0.4 is 0 Å². The number of ether oxygens (including phenoxy) is 1. The van der Waals surface area contributed by atoms with Crippen molar-refractivity contribution in [3.63, 3.8) is 0 Å². The maximum absolute atomic E-state index is 12.7. The smallest absolute Gasteiger partial charge is 0.334 e. The van der Waals surface area contributed by atoms with E-state index in [-0.39, 0.29) is 19.1 Å². The molecule has 1 amide bonds. The fraction of sp³-hybridized carbons (Fsp3) is 0.643. The molecule has 0 bridgehead atoms. The van der Waals surface area contributed by atoms with Crippen molar-refractivity contribution >= 4 is 11.9 Å². The number of nitrogens with zero attached hydrogens (tertiary/aromatic N) is 3. The molecule has 1 fully saturated rings. The number of amides is 1. The third kappa shape index (κ3) is 3.07. The minimum atomic E-state index is -1.04. The molecular weight excluding hydrogens is 274 g/mol. The van der Waals surface area contributed by atoms with Gasteiger partial charge in [-0.3, -0.25) is 9.48 Å². The number of morpholine rings is 1. The fourth-order valence-corrected chi connectivity index (χ4v) is 2.58. The van der Waals surface area contributed by atoms with Crippen molar-refractivity contribution < 1.29 is 19.4 Å². The van der Waals surface area contributed by atoms with E-state index >= 15 is 0 Å². The van der Waals surface area contributed by atoms with Gasteiger partial charge in [-0.15, -0.1) is 0 Å². The highest BCUT2D eigenvalue weighted by molar-refractivity contribution is 5.96. The molecule has 0 aromatic carbocycles. The summed E-state index contributed by atoms with van der Waals surface area (Å²) in [6.45, 7) is 7.22. The molecule has 1 aromatic rings. The summed E-state index contributed by atoms with van der Waals surface area (Å²) in [7, 11) is 0. The standard InChI is InChI=1S/C14H21N3O4/c1-4-5-17-10(3)12(9(2)15-17)13(18)16-6-7-21-11(8-16)14(19)20/h11H,4-8H2,1-3H3,(H,19,20)/t11-/m0/s1. The minimum absolute atomic E-state index is 0.0754. The Morgan fingerprint density at radius 1 is 1.43 bits per heavy atom. The predicted molar refractivity (Wildman–Crippen MR) is 75.3 cm³/mol. The van der Waals surface area contributed by atoms with Gasteiger partial charge in [0.15, 0.2) is 6.10 Å². The lowest BCUT2D eigenvalue weighted by atomic mass is 10.1. The normalized spacial score (nSPS) is 18.8. The maximum Gasteiger partial charge on any atom is 0.334 e. The van der Waals surface area contributed by atoms with Gasteiger partial charge in [0.2, 0.25) is 0 Å². The van der Waals surface area contributed by atoms with E-state index in [1.165, 1.54) is 4.90 Å². The number of aromatic nitrogens is 2. The topological polar surface area (TPSA) is 84.7 Å². The summed E-state index contributed by atoms with van der Waals surface area (Å²) in [5.41, 5.74) is 2.09. The largest absolute Gasteiger partial charge is 0.479 e. The van der Waals surface area contributed by atoms with E-state index in [4.69, 9.17) is 9.84 Å². The van der Waals surface area contributed by atoms with Gasteiger partial charge < -0.3 is 14.7 Å². The Bertz CT molecular complexity index is 553. The summed E-state index contributed by atoms with van der Waals surface area (Å²) in [6, 6.07) is 0. The van der Waals surface area contributed by atoms with Crippen LogP contribution in [0.1, 0.15) is 35.1 Å². The van der Waals surface area contributed by atoms with Crippen molar-refractivity contribution in [2.24, 2.45) is 0 Å². The molecule has 1 saturated heterocycles. The summed E-state index contributed by atoms with van der Waals surface area (Å²) in [4.78, 5) is 25.2. The first-order valence-electron chi connectivity index (χ1n) is 7.13. The number of hydrogen-bond acceptors (Lipinski definition) is 4. The summed E-state index contributed by atoms with van der Waals surface area (Å²) >= 11 is 0. The Balaban J connectivity index is 2.22. The van der Waals surface area contributed by atoms with E-state index in [0.717, 1.165) is 18.7 Å². The van der Waals surface area contributed by atoms with Gasteiger partial charge in [-0.2, -0.15) is 5.10 Å². The van der Waals surface area contributed by atoms with Gasteiger partial charge in [-0.25, -0.2) is 4.79 Å². The van der Waals surface area contributed by atoms with Gasteiger partial charge in [0.25, 0.3) is 5.91 Å². The Hall–Kier alpha value is -1.89. The first-order valence-corrected chi connectivity index (χ1v) is 7.13. The first kappa shape index (κ1) is 15.5. The molecule has 0 aliphatic carbocycles. The van der Waals surface area contributed by atoms with Crippen LogP contribution in [0.5, 0.6) is 0 Å².